The molecule has 2 aliphatic heterocycles. The Morgan fingerprint density at radius 1 is 1.12 bits per heavy atom. The van der Waals surface area contributed by atoms with Crippen molar-refractivity contribution in [2.75, 3.05) is 7.11 Å². The summed E-state index contributed by atoms with van der Waals surface area (Å²) in [6.07, 6.45) is 2.56. The Kier molecular flexibility index (Phi) is 9.83. The van der Waals surface area contributed by atoms with Gasteiger partial charge in [0.1, 0.15) is 35.7 Å². The zero-order chi connectivity index (χ0) is 35.0. The van der Waals surface area contributed by atoms with Crippen LogP contribution in [-0.2, 0) is 44.6 Å². The highest BCUT2D eigenvalue weighted by Gasteiger charge is 2.69. The van der Waals surface area contributed by atoms with Crippen molar-refractivity contribution in [2.45, 2.75) is 82.9 Å². The molecule has 1 aromatic carbocycles. The highest BCUT2D eigenvalue weighted by Crippen LogP contribution is 2.61. The topological polar surface area (TPSA) is 162 Å². The molecule has 2 unspecified atom stereocenters. The van der Waals surface area contributed by atoms with Crippen LogP contribution in [0.25, 0.3) is 0 Å². The lowest BCUT2D eigenvalue weighted by molar-refractivity contribution is -0.180. The highest BCUT2D eigenvalue weighted by molar-refractivity contribution is 6.32. The van der Waals surface area contributed by atoms with Gasteiger partial charge in [0, 0.05) is 49.4 Å². The van der Waals surface area contributed by atoms with Crippen molar-refractivity contribution in [3.63, 3.8) is 0 Å². The van der Waals surface area contributed by atoms with Gasteiger partial charge in [0.05, 0.1) is 6.10 Å². The Morgan fingerprint density at radius 2 is 1.88 bits per heavy atom. The first-order chi connectivity index (χ1) is 23.5. The van der Waals surface area contributed by atoms with Crippen molar-refractivity contribution in [3.8, 4) is 0 Å². The molecule has 1 amide bonds. The number of nitrogens with one attached hydrogen (secondary N) is 2. The van der Waals surface area contributed by atoms with E-state index < -0.39 is 83.8 Å². The van der Waals surface area contributed by atoms with Gasteiger partial charge in [-0.15, -0.1) is 0 Å². The van der Waals surface area contributed by atoms with Gasteiger partial charge in [0.2, 0.25) is 0 Å². The highest BCUT2D eigenvalue weighted by atomic mass is 16.6. The number of aromatic nitrogens is 1. The molecule has 6 rings (SSSR count). The van der Waals surface area contributed by atoms with Gasteiger partial charge < -0.3 is 39.1 Å². The summed E-state index contributed by atoms with van der Waals surface area (Å²) in [5, 5.41) is 14.5. The molecular formula is C37H44N2O10. The first-order valence-electron chi connectivity index (χ1n) is 16.8. The Labute approximate surface area is 285 Å². The van der Waals surface area contributed by atoms with Gasteiger partial charge in [0.25, 0.3) is 0 Å². The van der Waals surface area contributed by atoms with Crippen molar-refractivity contribution in [3.05, 3.63) is 83.7 Å². The Bertz CT molecular complexity index is 1610. The molecule has 1 saturated heterocycles. The van der Waals surface area contributed by atoms with E-state index in [-0.39, 0.29) is 24.8 Å². The number of carbonyl (C=O) groups is 4. The predicted octanol–water partition coefficient (Wildman–Crippen LogP) is 3.27. The second kappa shape index (κ2) is 13.9. The molecule has 49 heavy (non-hydrogen) atoms. The first kappa shape index (κ1) is 34.6. The van der Waals surface area contributed by atoms with E-state index in [1.165, 1.54) is 7.11 Å². The fraction of sp³-hybridized carbons (Fsp3) is 0.514. The van der Waals surface area contributed by atoms with Gasteiger partial charge in [-0.2, -0.15) is 0 Å². The summed E-state index contributed by atoms with van der Waals surface area (Å²) in [4.78, 5) is 55.0. The number of aromatic amines is 1. The van der Waals surface area contributed by atoms with Crippen LogP contribution in [-0.4, -0.2) is 83.2 Å². The van der Waals surface area contributed by atoms with Crippen LogP contribution in [0.15, 0.2) is 72.5 Å². The third kappa shape index (κ3) is 6.33. The van der Waals surface area contributed by atoms with Crippen molar-refractivity contribution >= 4 is 23.8 Å². The quantitative estimate of drug-likeness (QED) is 0.172. The van der Waals surface area contributed by atoms with Gasteiger partial charge in [-0.05, 0) is 43.5 Å². The summed E-state index contributed by atoms with van der Waals surface area (Å²) < 4.78 is 30.2. The lowest BCUT2D eigenvalue weighted by Gasteiger charge is -2.48. The minimum Gasteiger partial charge on any atom is -0.456 e. The standard InChI is InChI=1S/C37H44N2O10/c1-19-16-20(2)37-24(13-14-25-28(37)29(40)21(3)31(32(25)49-37)48-34(42)26-12-9-15-38-26)17-27(45-5)35(43)47-30(19)22(4)46-36(44)33(41)39-18-23-10-7-6-8-11-23/h6-16,19,21-22,24-25,27-32,38,40H,17-18H2,1-5H3,(H,39,41)/b20-16-/t19-,21-,22-,24-,25?,27+,28?,29-,30+,31-,32+,37+/m1/s1. The number of amides is 1. The fourth-order valence-corrected chi connectivity index (χ4v) is 8.27. The number of benzene rings is 1. The molecule has 1 saturated carbocycles. The number of hydrogen-bond donors (Lipinski definition) is 3. The summed E-state index contributed by atoms with van der Waals surface area (Å²) in [7, 11) is 1.42. The molecule has 4 aliphatic rings. The molecule has 3 heterocycles. The molecule has 0 radical (unpaired) electrons. The summed E-state index contributed by atoms with van der Waals surface area (Å²) in [6.45, 7) is 7.32. The van der Waals surface area contributed by atoms with E-state index in [4.69, 9.17) is 23.7 Å². The molecule has 12 heteroatoms. The zero-order valence-electron chi connectivity index (χ0n) is 28.2. The van der Waals surface area contributed by atoms with Crippen molar-refractivity contribution in [2.24, 2.45) is 29.6 Å². The Balaban J connectivity index is 1.27. The maximum Gasteiger partial charge on any atom is 0.397 e. The molecular weight excluding hydrogens is 632 g/mol. The minimum atomic E-state index is -1.10. The van der Waals surface area contributed by atoms with E-state index in [0.29, 0.717) is 5.69 Å². The number of aliphatic hydroxyl groups is 1. The van der Waals surface area contributed by atoms with E-state index in [9.17, 15) is 24.3 Å². The molecule has 262 valence electrons. The van der Waals surface area contributed by atoms with E-state index >= 15 is 0 Å². The predicted molar refractivity (Wildman–Crippen MR) is 174 cm³/mol. The average Bonchev–Trinajstić information content (AvgIpc) is 3.70. The molecule has 1 aromatic heterocycles. The number of carbonyl (C=O) groups excluding carboxylic acids is 4. The van der Waals surface area contributed by atoms with Crippen molar-refractivity contribution in [1.82, 2.24) is 10.3 Å². The van der Waals surface area contributed by atoms with E-state index in [1.807, 2.05) is 69.3 Å². The van der Waals surface area contributed by atoms with Crippen LogP contribution in [0.1, 0.15) is 50.2 Å². The van der Waals surface area contributed by atoms with Crippen LogP contribution in [0.3, 0.4) is 0 Å². The number of esters is 3. The summed E-state index contributed by atoms with van der Waals surface area (Å²) in [5.41, 5.74) is 0.858. The number of cyclic esters (lactones) is 1. The van der Waals surface area contributed by atoms with Gasteiger partial charge >= 0.3 is 23.8 Å². The van der Waals surface area contributed by atoms with Crippen LogP contribution < -0.4 is 5.32 Å². The molecule has 12 nitrogen and oxygen atoms in total. The summed E-state index contributed by atoms with van der Waals surface area (Å²) in [6, 6.07) is 12.5. The molecule has 1 spiro atoms. The Morgan fingerprint density at radius 3 is 2.57 bits per heavy atom. The maximum absolute atomic E-state index is 13.6. The first-order valence-corrected chi connectivity index (χ1v) is 16.8. The van der Waals surface area contributed by atoms with Gasteiger partial charge in [-0.3, -0.25) is 4.79 Å². The SMILES string of the molecule is CO[C@H]1C[C@H]2C=CC3C4[C@H](O)[C@@H](C)[C@@H](OC(=O)c5ccc[nH]5)[C@H]3O[C@]42/C(C)=C\[C@@H](C)[C@@H]([C@@H](C)OC(=O)C(=O)NCc2ccccc2)OC1=O. The molecule has 2 aliphatic carbocycles. The van der Waals surface area contributed by atoms with Gasteiger partial charge in [0.15, 0.2) is 6.10 Å². The normalized spacial score (nSPS) is 36.7. The van der Waals surface area contributed by atoms with E-state index in [0.717, 1.165) is 11.1 Å². The average molecular weight is 677 g/mol. The largest absolute Gasteiger partial charge is 0.456 e. The Hall–Kier alpha value is -4.26. The second-order valence-electron chi connectivity index (χ2n) is 13.6. The smallest absolute Gasteiger partial charge is 0.397 e. The van der Waals surface area contributed by atoms with Crippen molar-refractivity contribution in [1.29, 1.82) is 0 Å². The third-order valence-electron chi connectivity index (χ3n) is 10.7. The third-order valence-corrected chi connectivity index (χ3v) is 10.7. The maximum atomic E-state index is 13.6. The van der Waals surface area contributed by atoms with Gasteiger partial charge in [-0.1, -0.05) is 62.4 Å². The van der Waals surface area contributed by atoms with Gasteiger partial charge in [-0.25, -0.2) is 14.4 Å². The molecule has 3 N–H and O–H groups in total. The lowest BCUT2D eigenvalue weighted by Crippen LogP contribution is -2.57. The second-order valence-corrected chi connectivity index (χ2v) is 13.6. The van der Waals surface area contributed by atoms with Crippen LogP contribution in [0.2, 0.25) is 0 Å². The number of hydrogen-bond acceptors (Lipinski definition) is 10. The zero-order valence-corrected chi connectivity index (χ0v) is 28.2. The number of ether oxygens (including phenoxy) is 5. The number of aliphatic hydroxyl groups excluding tert-OH is 1. The number of rotatable bonds is 7. The van der Waals surface area contributed by atoms with Crippen molar-refractivity contribution < 1.29 is 48.0 Å². The molecule has 2 fully saturated rings. The van der Waals surface area contributed by atoms with E-state index in [1.54, 1.807) is 25.3 Å². The number of methoxy groups -OCH3 is 1. The van der Waals surface area contributed by atoms with E-state index in [2.05, 4.69) is 10.3 Å². The molecule has 4 bridgehead atoms. The summed E-state index contributed by atoms with van der Waals surface area (Å²) in [5.74, 6) is -5.22. The summed E-state index contributed by atoms with van der Waals surface area (Å²) >= 11 is 0. The lowest BCUT2D eigenvalue weighted by atomic mass is 9.57. The molecule has 2 aromatic rings. The van der Waals surface area contributed by atoms with Crippen LogP contribution in [0.5, 0.6) is 0 Å². The minimum absolute atomic E-state index is 0.146. The fourth-order valence-electron chi connectivity index (χ4n) is 8.27. The van der Waals surface area contributed by atoms with Crippen LogP contribution in [0, 0.1) is 29.6 Å². The number of H-pyrrole nitrogens is 1. The van der Waals surface area contributed by atoms with Crippen LogP contribution >= 0.6 is 0 Å². The monoisotopic (exact) mass is 676 g/mol. The van der Waals surface area contributed by atoms with Crippen LogP contribution in [0.4, 0.5) is 0 Å². The molecule has 12 atom stereocenters.